The average Bonchev–Trinajstić information content (AvgIpc) is 2.88. The van der Waals surface area contributed by atoms with Gasteiger partial charge in [0.2, 0.25) is 0 Å². The van der Waals surface area contributed by atoms with Gasteiger partial charge in [0.15, 0.2) is 0 Å². The largest absolute Gasteiger partial charge is 0.310 e. The van der Waals surface area contributed by atoms with Gasteiger partial charge >= 0.3 is 0 Å². The van der Waals surface area contributed by atoms with E-state index in [9.17, 15) is 0 Å². The van der Waals surface area contributed by atoms with E-state index in [1.165, 1.54) is 35.0 Å². The number of fused-ring (bicyclic) bond motifs is 1. The number of benzene rings is 1. The van der Waals surface area contributed by atoms with Crippen LogP contribution in [-0.2, 0) is 0 Å². The van der Waals surface area contributed by atoms with Gasteiger partial charge in [-0.1, -0.05) is 6.07 Å². The van der Waals surface area contributed by atoms with E-state index in [4.69, 9.17) is 0 Å². The molecule has 1 nitrogen and oxygen atoms in total. The fraction of sp³-hybridized carbons (Fsp3) is 0.333. The average molecular weight is 203 g/mol. The van der Waals surface area contributed by atoms with Crippen molar-refractivity contribution in [1.82, 2.24) is 5.32 Å². The number of nitrogens with one attached hydrogen (secondary N) is 1. The quantitative estimate of drug-likeness (QED) is 0.749. The topological polar surface area (TPSA) is 12.0 Å². The first-order valence-electron chi connectivity index (χ1n) is 5.14. The van der Waals surface area contributed by atoms with Gasteiger partial charge in [0.1, 0.15) is 0 Å². The predicted molar refractivity (Wildman–Crippen MR) is 61.8 cm³/mol. The Bertz CT molecular complexity index is 440. The molecule has 0 amide bonds. The third kappa shape index (κ3) is 1.35. The molecule has 0 saturated carbocycles. The lowest BCUT2D eigenvalue weighted by atomic mass is 10.0. The van der Waals surface area contributed by atoms with Crippen molar-refractivity contribution in [2.75, 3.05) is 6.54 Å². The zero-order valence-corrected chi connectivity index (χ0v) is 8.81. The normalized spacial score (nSPS) is 21.9. The summed E-state index contributed by atoms with van der Waals surface area (Å²) in [4.78, 5) is 0. The molecule has 1 aromatic heterocycles. The molecule has 0 bridgehead atoms. The van der Waals surface area contributed by atoms with E-state index in [1.807, 2.05) is 11.3 Å². The molecule has 2 heteroatoms. The third-order valence-electron chi connectivity index (χ3n) is 2.94. The molecule has 1 unspecified atom stereocenters. The van der Waals surface area contributed by atoms with Crippen molar-refractivity contribution in [3.05, 3.63) is 35.2 Å². The van der Waals surface area contributed by atoms with Gasteiger partial charge in [-0.3, -0.25) is 0 Å². The van der Waals surface area contributed by atoms with Crippen LogP contribution in [0.3, 0.4) is 0 Å². The van der Waals surface area contributed by atoms with Crippen LogP contribution in [-0.4, -0.2) is 6.54 Å². The van der Waals surface area contributed by atoms with Gasteiger partial charge in [-0.05, 0) is 53.9 Å². The minimum absolute atomic E-state index is 0.597. The molecule has 3 rings (SSSR count). The summed E-state index contributed by atoms with van der Waals surface area (Å²) in [5, 5.41) is 7.09. The van der Waals surface area contributed by atoms with Crippen LogP contribution in [0.15, 0.2) is 29.6 Å². The maximum Gasteiger partial charge on any atom is 0.0342 e. The van der Waals surface area contributed by atoms with Crippen molar-refractivity contribution in [3.63, 3.8) is 0 Å². The molecule has 1 aliphatic heterocycles. The maximum absolute atomic E-state index is 3.53. The molecule has 2 heterocycles. The Morgan fingerprint density at radius 2 is 2.29 bits per heavy atom. The molecule has 1 aliphatic rings. The van der Waals surface area contributed by atoms with Crippen LogP contribution in [0.4, 0.5) is 0 Å². The van der Waals surface area contributed by atoms with Crippen molar-refractivity contribution in [1.29, 1.82) is 0 Å². The Hall–Kier alpha value is -0.860. The Balaban J connectivity index is 2.04. The van der Waals surface area contributed by atoms with E-state index < -0.39 is 0 Å². The fourth-order valence-electron chi connectivity index (χ4n) is 2.17. The second kappa shape index (κ2) is 3.37. The van der Waals surface area contributed by atoms with Crippen molar-refractivity contribution in [3.8, 4) is 0 Å². The zero-order chi connectivity index (χ0) is 9.38. The third-order valence-corrected chi connectivity index (χ3v) is 3.84. The maximum atomic E-state index is 3.53. The Morgan fingerprint density at radius 1 is 1.29 bits per heavy atom. The summed E-state index contributed by atoms with van der Waals surface area (Å²) in [7, 11) is 0. The van der Waals surface area contributed by atoms with Crippen molar-refractivity contribution in [2.45, 2.75) is 18.9 Å². The first-order valence-corrected chi connectivity index (χ1v) is 6.02. The molecule has 14 heavy (non-hydrogen) atoms. The summed E-state index contributed by atoms with van der Waals surface area (Å²) in [5.74, 6) is 0. The fourth-order valence-corrected chi connectivity index (χ4v) is 2.94. The van der Waals surface area contributed by atoms with Gasteiger partial charge in [-0.2, -0.15) is 0 Å². The number of hydrogen-bond acceptors (Lipinski definition) is 2. The molecular formula is C12H13NS. The van der Waals surface area contributed by atoms with E-state index in [0.29, 0.717) is 6.04 Å². The summed E-state index contributed by atoms with van der Waals surface area (Å²) in [5.41, 5.74) is 1.45. The lowest BCUT2D eigenvalue weighted by molar-refractivity contribution is 0.648. The van der Waals surface area contributed by atoms with Crippen LogP contribution in [0.5, 0.6) is 0 Å². The zero-order valence-electron chi connectivity index (χ0n) is 7.99. The van der Waals surface area contributed by atoms with Gasteiger partial charge in [0, 0.05) is 10.7 Å². The highest BCUT2D eigenvalue weighted by atomic mass is 32.1. The highest BCUT2D eigenvalue weighted by Gasteiger charge is 2.15. The van der Waals surface area contributed by atoms with Crippen LogP contribution in [0.1, 0.15) is 24.4 Å². The SMILES string of the molecule is c1cc2cc(C3CCCN3)ccc2s1. The molecule has 2 aromatic rings. The number of thiophene rings is 1. The van der Waals surface area contributed by atoms with Crippen LogP contribution in [0.2, 0.25) is 0 Å². The van der Waals surface area contributed by atoms with Crippen molar-refractivity contribution >= 4 is 21.4 Å². The van der Waals surface area contributed by atoms with Crippen LogP contribution < -0.4 is 5.32 Å². The summed E-state index contributed by atoms with van der Waals surface area (Å²) in [6.45, 7) is 1.17. The highest BCUT2D eigenvalue weighted by Crippen LogP contribution is 2.28. The van der Waals surface area contributed by atoms with Gasteiger partial charge in [-0.25, -0.2) is 0 Å². The molecule has 0 spiro atoms. The van der Waals surface area contributed by atoms with Crippen LogP contribution in [0, 0.1) is 0 Å². The molecule has 1 aromatic carbocycles. The van der Waals surface area contributed by atoms with Gasteiger partial charge < -0.3 is 5.32 Å². The molecule has 1 atom stereocenters. The Morgan fingerprint density at radius 3 is 3.14 bits per heavy atom. The van der Waals surface area contributed by atoms with E-state index in [2.05, 4.69) is 35.0 Å². The van der Waals surface area contributed by atoms with E-state index in [0.717, 1.165) is 0 Å². The van der Waals surface area contributed by atoms with Crippen molar-refractivity contribution in [2.24, 2.45) is 0 Å². The minimum atomic E-state index is 0.597. The summed E-state index contributed by atoms with van der Waals surface area (Å²) in [6, 6.07) is 9.64. The molecule has 72 valence electrons. The molecule has 0 radical (unpaired) electrons. The first kappa shape index (κ1) is 8.45. The second-order valence-electron chi connectivity index (χ2n) is 3.87. The molecule has 0 aliphatic carbocycles. The van der Waals surface area contributed by atoms with Crippen LogP contribution in [0.25, 0.3) is 10.1 Å². The second-order valence-corrected chi connectivity index (χ2v) is 4.81. The van der Waals surface area contributed by atoms with Crippen molar-refractivity contribution < 1.29 is 0 Å². The molecular weight excluding hydrogens is 190 g/mol. The van der Waals surface area contributed by atoms with E-state index in [1.54, 1.807) is 0 Å². The van der Waals surface area contributed by atoms with E-state index >= 15 is 0 Å². The standard InChI is InChI=1S/C12H13NS/c1-2-11(13-6-1)9-3-4-12-10(8-9)5-7-14-12/h3-5,7-8,11,13H,1-2,6H2. The lowest BCUT2D eigenvalue weighted by Gasteiger charge is -2.10. The Labute approximate surface area is 87.8 Å². The minimum Gasteiger partial charge on any atom is -0.310 e. The van der Waals surface area contributed by atoms with Gasteiger partial charge in [0.05, 0.1) is 0 Å². The summed E-state index contributed by atoms with van der Waals surface area (Å²) >= 11 is 1.82. The van der Waals surface area contributed by atoms with E-state index in [-0.39, 0.29) is 0 Å². The number of rotatable bonds is 1. The van der Waals surface area contributed by atoms with Gasteiger partial charge in [0.25, 0.3) is 0 Å². The highest BCUT2D eigenvalue weighted by molar-refractivity contribution is 7.17. The molecule has 1 N–H and O–H groups in total. The van der Waals surface area contributed by atoms with Crippen LogP contribution >= 0.6 is 11.3 Å². The summed E-state index contributed by atoms with van der Waals surface area (Å²) in [6.07, 6.45) is 2.60. The predicted octanol–water partition coefficient (Wildman–Crippen LogP) is 3.33. The molecule has 1 saturated heterocycles. The number of hydrogen-bond donors (Lipinski definition) is 1. The Kier molecular flexibility index (Phi) is 2.03. The first-order chi connectivity index (χ1) is 6.93. The summed E-state index contributed by atoms with van der Waals surface area (Å²) < 4.78 is 1.40. The molecule has 1 fully saturated rings. The monoisotopic (exact) mass is 203 g/mol. The van der Waals surface area contributed by atoms with Gasteiger partial charge in [-0.15, -0.1) is 11.3 Å². The smallest absolute Gasteiger partial charge is 0.0342 e. The lowest BCUT2D eigenvalue weighted by Crippen LogP contribution is -2.12.